The fraction of sp³-hybridized carbons (Fsp3) is 0.562. The highest BCUT2D eigenvalue weighted by Crippen LogP contribution is 2.49. The molecule has 1 saturated heterocycles. The van der Waals surface area contributed by atoms with E-state index in [1.54, 1.807) is 0 Å². The topological polar surface area (TPSA) is 38.8 Å². The first-order valence-corrected chi connectivity index (χ1v) is 7.05. The number of benzene rings is 1. The van der Waals surface area contributed by atoms with E-state index in [0.29, 0.717) is 6.61 Å². The molecule has 0 bridgehead atoms. The average molecular weight is 262 g/mol. The summed E-state index contributed by atoms with van der Waals surface area (Å²) >= 11 is 0. The number of ether oxygens (including phenoxy) is 2. The van der Waals surface area contributed by atoms with Crippen LogP contribution in [0, 0.1) is 6.92 Å². The minimum atomic E-state index is -0.461. The molecule has 0 spiro atoms. The van der Waals surface area contributed by atoms with Crippen molar-refractivity contribution in [2.24, 2.45) is 0 Å². The molecule has 1 aliphatic rings. The Labute approximate surface area is 114 Å². The summed E-state index contributed by atoms with van der Waals surface area (Å²) < 4.78 is 10.9. The number of carbonyl (C=O) groups excluding carboxylic acids is 1. The number of carbonyl (C=O) groups is 1. The maximum atomic E-state index is 11.9. The third-order valence-electron chi connectivity index (χ3n) is 3.72. The van der Waals surface area contributed by atoms with E-state index in [1.165, 1.54) is 5.56 Å². The first kappa shape index (κ1) is 14.1. The van der Waals surface area contributed by atoms with E-state index >= 15 is 0 Å². The van der Waals surface area contributed by atoms with Gasteiger partial charge in [-0.15, -0.1) is 0 Å². The zero-order valence-electron chi connectivity index (χ0n) is 11.9. The van der Waals surface area contributed by atoms with Gasteiger partial charge in [-0.2, -0.15) is 0 Å². The highest BCUT2D eigenvalue weighted by atomic mass is 16.7. The number of aryl methyl sites for hydroxylation is 1. The molecule has 0 saturated carbocycles. The third kappa shape index (κ3) is 2.81. The Morgan fingerprint density at radius 1 is 1.32 bits per heavy atom. The lowest BCUT2D eigenvalue weighted by Crippen LogP contribution is -2.21. The zero-order valence-corrected chi connectivity index (χ0v) is 11.9. The van der Waals surface area contributed by atoms with Crippen LogP contribution in [0.3, 0.4) is 0 Å². The standard InChI is InChI=1S/C16H22O3/c1-4-6-11-18-15(17)14-16(5-2,19-14)13-9-7-12(3)8-10-13/h7-10,14H,4-6,11H2,1-3H3. The molecule has 0 aromatic heterocycles. The van der Waals surface area contributed by atoms with Crippen LogP contribution in [0.1, 0.15) is 44.2 Å². The molecule has 0 amide bonds. The third-order valence-corrected chi connectivity index (χ3v) is 3.72. The molecule has 1 aromatic carbocycles. The molecule has 2 rings (SSSR count). The van der Waals surface area contributed by atoms with Crippen LogP contribution in [0.15, 0.2) is 24.3 Å². The smallest absolute Gasteiger partial charge is 0.338 e. The summed E-state index contributed by atoms with van der Waals surface area (Å²) in [6.07, 6.45) is 2.28. The number of hydrogen-bond acceptors (Lipinski definition) is 3. The molecule has 1 aromatic rings. The molecule has 1 fully saturated rings. The lowest BCUT2D eigenvalue weighted by molar-refractivity contribution is -0.145. The van der Waals surface area contributed by atoms with Gasteiger partial charge in [-0.1, -0.05) is 50.1 Å². The summed E-state index contributed by atoms with van der Waals surface area (Å²) in [7, 11) is 0. The predicted molar refractivity (Wildman–Crippen MR) is 73.9 cm³/mol. The number of unbranched alkanes of at least 4 members (excludes halogenated alkanes) is 1. The van der Waals surface area contributed by atoms with Gasteiger partial charge in [0, 0.05) is 0 Å². The van der Waals surface area contributed by atoms with Crippen LogP contribution in [0.2, 0.25) is 0 Å². The van der Waals surface area contributed by atoms with Gasteiger partial charge in [0.15, 0.2) is 6.10 Å². The summed E-state index contributed by atoms with van der Waals surface area (Å²) in [5, 5.41) is 0. The van der Waals surface area contributed by atoms with Crippen molar-refractivity contribution in [1.82, 2.24) is 0 Å². The second-order valence-corrected chi connectivity index (χ2v) is 5.13. The number of esters is 1. The van der Waals surface area contributed by atoms with Gasteiger partial charge in [0.05, 0.1) is 6.61 Å². The minimum absolute atomic E-state index is 0.226. The summed E-state index contributed by atoms with van der Waals surface area (Å²) in [5.41, 5.74) is 1.81. The number of hydrogen-bond donors (Lipinski definition) is 0. The van der Waals surface area contributed by atoms with E-state index in [4.69, 9.17) is 9.47 Å². The Hall–Kier alpha value is -1.35. The first-order chi connectivity index (χ1) is 9.14. The highest BCUT2D eigenvalue weighted by molar-refractivity contribution is 5.80. The predicted octanol–water partition coefficient (Wildman–Crippen LogP) is 3.34. The number of rotatable bonds is 6. The molecule has 3 nitrogen and oxygen atoms in total. The molecule has 104 valence electrons. The molecular weight excluding hydrogens is 240 g/mol. The van der Waals surface area contributed by atoms with Crippen LogP contribution < -0.4 is 0 Å². The highest BCUT2D eigenvalue weighted by Gasteiger charge is 2.61. The lowest BCUT2D eigenvalue weighted by Gasteiger charge is -2.11. The Kier molecular flexibility index (Phi) is 4.25. The van der Waals surface area contributed by atoms with Crippen molar-refractivity contribution in [2.75, 3.05) is 6.61 Å². The molecule has 3 heteroatoms. The van der Waals surface area contributed by atoms with Gasteiger partial charge in [-0.3, -0.25) is 0 Å². The van der Waals surface area contributed by atoms with E-state index in [2.05, 4.69) is 6.92 Å². The van der Waals surface area contributed by atoms with Gasteiger partial charge in [0.1, 0.15) is 5.60 Å². The largest absolute Gasteiger partial charge is 0.464 e. The average Bonchev–Trinajstić information content (AvgIpc) is 3.16. The van der Waals surface area contributed by atoms with Crippen molar-refractivity contribution in [3.8, 4) is 0 Å². The quantitative estimate of drug-likeness (QED) is 0.448. The SMILES string of the molecule is CCCCOC(=O)C1OC1(CC)c1ccc(C)cc1. The van der Waals surface area contributed by atoms with Crippen LogP contribution >= 0.6 is 0 Å². The van der Waals surface area contributed by atoms with Gasteiger partial charge in [0.2, 0.25) is 0 Å². The zero-order chi connectivity index (χ0) is 13.9. The summed E-state index contributed by atoms with van der Waals surface area (Å²) in [5.74, 6) is -0.226. The summed E-state index contributed by atoms with van der Waals surface area (Å²) in [6.45, 7) is 6.65. The van der Waals surface area contributed by atoms with E-state index in [9.17, 15) is 4.79 Å². The Bertz CT molecular complexity index is 438. The van der Waals surface area contributed by atoms with Gasteiger partial charge in [-0.25, -0.2) is 4.79 Å². The Balaban J connectivity index is 2.02. The van der Waals surface area contributed by atoms with Crippen LogP contribution in [0.5, 0.6) is 0 Å². The van der Waals surface area contributed by atoms with Crippen molar-refractivity contribution >= 4 is 5.97 Å². The van der Waals surface area contributed by atoms with E-state index in [-0.39, 0.29) is 5.97 Å². The minimum Gasteiger partial charge on any atom is -0.464 e. The fourth-order valence-corrected chi connectivity index (χ4v) is 2.34. The lowest BCUT2D eigenvalue weighted by atomic mass is 9.92. The molecule has 1 heterocycles. The second-order valence-electron chi connectivity index (χ2n) is 5.13. The Morgan fingerprint density at radius 2 is 2.00 bits per heavy atom. The summed E-state index contributed by atoms with van der Waals surface area (Å²) in [4.78, 5) is 11.9. The summed E-state index contributed by atoms with van der Waals surface area (Å²) in [6, 6.07) is 8.18. The van der Waals surface area contributed by atoms with Gasteiger partial charge in [0.25, 0.3) is 0 Å². The molecule has 0 radical (unpaired) electrons. The van der Waals surface area contributed by atoms with E-state index in [0.717, 1.165) is 24.8 Å². The molecule has 19 heavy (non-hydrogen) atoms. The van der Waals surface area contributed by atoms with Crippen LogP contribution in [-0.2, 0) is 19.9 Å². The maximum Gasteiger partial charge on any atom is 0.338 e. The first-order valence-electron chi connectivity index (χ1n) is 7.05. The molecule has 2 atom stereocenters. The van der Waals surface area contributed by atoms with E-state index in [1.807, 2.05) is 38.1 Å². The van der Waals surface area contributed by atoms with Crippen LogP contribution in [-0.4, -0.2) is 18.7 Å². The van der Waals surface area contributed by atoms with E-state index < -0.39 is 11.7 Å². The molecule has 0 aliphatic carbocycles. The number of epoxide rings is 1. The van der Waals surface area contributed by atoms with Crippen molar-refractivity contribution in [2.45, 2.75) is 51.7 Å². The van der Waals surface area contributed by atoms with Crippen molar-refractivity contribution < 1.29 is 14.3 Å². The van der Waals surface area contributed by atoms with Crippen molar-refractivity contribution in [3.05, 3.63) is 35.4 Å². The van der Waals surface area contributed by atoms with Gasteiger partial charge < -0.3 is 9.47 Å². The fourth-order valence-electron chi connectivity index (χ4n) is 2.34. The molecule has 2 unspecified atom stereocenters. The van der Waals surface area contributed by atoms with Crippen LogP contribution in [0.25, 0.3) is 0 Å². The van der Waals surface area contributed by atoms with Gasteiger partial charge >= 0.3 is 5.97 Å². The second kappa shape index (κ2) is 5.74. The van der Waals surface area contributed by atoms with Crippen LogP contribution in [0.4, 0.5) is 0 Å². The van der Waals surface area contributed by atoms with Crippen molar-refractivity contribution in [3.63, 3.8) is 0 Å². The molecular formula is C16H22O3. The normalized spacial score (nSPS) is 25.1. The Morgan fingerprint density at radius 3 is 2.58 bits per heavy atom. The van der Waals surface area contributed by atoms with Crippen molar-refractivity contribution in [1.29, 1.82) is 0 Å². The maximum absolute atomic E-state index is 11.9. The molecule has 1 aliphatic heterocycles. The molecule has 0 N–H and O–H groups in total. The van der Waals surface area contributed by atoms with Gasteiger partial charge in [-0.05, 0) is 25.3 Å². The monoisotopic (exact) mass is 262 g/mol.